The van der Waals surface area contributed by atoms with E-state index >= 15 is 0 Å². The second-order valence-corrected chi connectivity index (χ2v) is 7.89. The van der Waals surface area contributed by atoms with E-state index in [1.165, 1.54) is 0 Å². The molecule has 2 nitrogen and oxygen atoms in total. The van der Waals surface area contributed by atoms with Crippen LogP contribution in [0.3, 0.4) is 0 Å². The molecule has 0 aromatic rings. The van der Waals surface area contributed by atoms with Gasteiger partial charge in [0.2, 0.25) is 0 Å². The lowest BCUT2D eigenvalue weighted by Gasteiger charge is -2.42. The Morgan fingerprint density at radius 1 is 0.571 bits per heavy atom. The Kier molecular flexibility index (Phi) is 8.67. The van der Waals surface area contributed by atoms with Gasteiger partial charge in [-0.2, -0.15) is 61.5 Å². The Bertz CT molecular complexity index is 742. The van der Waals surface area contributed by atoms with Crippen LogP contribution < -0.4 is 5.32 Å². The number of alkyl halides is 16. The minimum absolute atomic E-state index is 0.160. The molecular formula is C17H17F16NO. The molecule has 0 unspecified atom stereocenters. The highest BCUT2D eigenvalue weighted by Gasteiger charge is 2.94. The van der Waals surface area contributed by atoms with Crippen molar-refractivity contribution in [3.05, 3.63) is 0 Å². The normalized spacial score (nSPS) is 18.9. The van der Waals surface area contributed by atoms with Gasteiger partial charge in [0.25, 0.3) is 5.91 Å². The molecule has 208 valence electrons. The number of amides is 1. The molecule has 0 aromatic carbocycles. The molecule has 0 spiro atoms. The van der Waals surface area contributed by atoms with Crippen LogP contribution >= 0.6 is 0 Å². The van der Waals surface area contributed by atoms with Crippen molar-refractivity contribution in [2.75, 3.05) is 0 Å². The molecule has 1 aliphatic carbocycles. The molecule has 0 bridgehead atoms. The monoisotopic (exact) mass is 555 g/mol. The highest BCUT2D eigenvalue weighted by atomic mass is 19.4. The van der Waals surface area contributed by atoms with Crippen LogP contribution in [0.4, 0.5) is 70.2 Å². The molecule has 0 atom stereocenters. The highest BCUT2D eigenvalue weighted by molar-refractivity contribution is 5.85. The van der Waals surface area contributed by atoms with Crippen molar-refractivity contribution in [3.8, 4) is 0 Å². The van der Waals surface area contributed by atoms with Crippen LogP contribution in [0.25, 0.3) is 0 Å². The van der Waals surface area contributed by atoms with Gasteiger partial charge in [-0.25, -0.2) is 8.78 Å². The predicted molar refractivity (Wildman–Crippen MR) is 84.9 cm³/mol. The molecule has 1 N–H and O–H groups in total. The number of carbonyl (C=O) groups is 1. The summed E-state index contributed by atoms with van der Waals surface area (Å²) in [4.78, 5) is 11.6. The van der Waals surface area contributed by atoms with Crippen LogP contribution in [0.2, 0.25) is 0 Å². The van der Waals surface area contributed by atoms with Gasteiger partial charge in [-0.15, -0.1) is 0 Å². The highest BCUT2D eigenvalue weighted by Crippen LogP contribution is 2.62. The van der Waals surface area contributed by atoms with E-state index < -0.39 is 59.8 Å². The first kappa shape index (κ1) is 31.4. The van der Waals surface area contributed by atoms with Gasteiger partial charge in [0.15, 0.2) is 0 Å². The van der Waals surface area contributed by atoms with Crippen molar-refractivity contribution >= 4 is 5.91 Å². The van der Waals surface area contributed by atoms with Gasteiger partial charge < -0.3 is 5.32 Å². The quantitative estimate of drug-likeness (QED) is 0.308. The Morgan fingerprint density at radius 2 is 0.914 bits per heavy atom. The molecule has 1 aliphatic rings. The molecule has 0 aromatic heterocycles. The third kappa shape index (κ3) is 4.85. The van der Waals surface area contributed by atoms with Gasteiger partial charge in [0, 0.05) is 6.04 Å². The Morgan fingerprint density at radius 3 is 1.31 bits per heavy atom. The number of hydrogen-bond acceptors (Lipinski definition) is 1. The van der Waals surface area contributed by atoms with Crippen LogP contribution in [0, 0.1) is 0 Å². The summed E-state index contributed by atoms with van der Waals surface area (Å²) < 4.78 is 213. The molecular weight excluding hydrogens is 538 g/mol. The van der Waals surface area contributed by atoms with E-state index in [1.807, 2.05) is 0 Å². The van der Waals surface area contributed by atoms with Gasteiger partial charge in [-0.3, -0.25) is 4.79 Å². The fourth-order valence-electron chi connectivity index (χ4n) is 3.15. The topological polar surface area (TPSA) is 29.1 Å². The van der Waals surface area contributed by atoms with Gasteiger partial charge in [-0.05, 0) is 12.8 Å². The maximum atomic E-state index is 13.9. The standard InChI is InChI=1S/C17H17F16NO/c18-9(19)11(20,21)13(24,25)15(28,29)17(32,33)16(30,31)14(26,27)12(22,23)10(35)34-8-6-4-2-1-3-5-7-8/h8-9H,1-7H2,(H,34,35). The summed E-state index contributed by atoms with van der Waals surface area (Å²) in [6.07, 6.45) is -4.14. The van der Waals surface area contributed by atoms with Crippen LogP contribution in [-0.4, -0.2) is 59.8 Å². The van der Waals surface area contributed by atoms with Crippen molar-refractivity contribution in [3.63, 3.8) is 0 Å². The third-order valence-electron chi connectivity index (χ3n) is 5.39. The molecule has 1 fully saturated rings. The van der Waals surface area contributed by atoms with E-state index in [9.17, 15) is 75.0 Å². The molecule has 18 heteroatoms. The Hall–Kier alpha value is -1.65. The summed E-state index contributed by atoms with van der Waals surface area (Å²) in [5, 5.41) is 1.16. The van der Waals surface area contributed by atoms with Gasteiger partial charge in [-0.1, -0.05) is 32.1 Å². The molecule has 1 rings (SSSR count). The first-order valence-electron chi connectivity index (χ1n) is 9.68. The summed E-state index contributed by atoms with van der Waals surface area (Å²) >= 11 is 0. The lowest BCUT2D eigenvalue weighted by molar-refractivity contribution is -0.443. The van der Waals surface area contributed by atoms with E-state index in [1.54, 1.807) is 0 Å². The summed E-state index contributed by atoms with van der Waals surface area (Å²) in [6, 6.07) is -1.37. The van der Waals surface area contributed by atoms with Crippen molar-refractivity contribution in [2.45, 2.75) is 98.9 Å². The Balaban J connectivity index is 3.40. The van der Waals surface area contributed by atoms with E-state index in [0.29, 0.717) is 19.3 Å². The fraction of sp³-hybridized carbons (Fsp3) is 0.941. The lowest BCUT2D eigenvalue weighted by Crippen LogP contribution is -2.75. The number of nitrogens with one attached hydrogen (secondary N) is 1. The average molecular weight is 555 g/mol. The second kappa shape index (κ2) is 9.67. The average Bonchev–Trinajstić information content (AvgIpc) is 2.68. The molecule has 0 heterocycles. The fourth-order valence-corrected chi connectivity index (χ4v) is 3.15. The molecule has 0 aliphatic heterocycles. The van der Waals surface area contributed by atoms with Gasteiger partial charge >= 0.3 is 47.9 Å². The minimum Gasteiger partial charge on any atom is -0.348 e. The molecule has 0 radical (unpaired) electrons. The smallest absolute Gasteiger partial charge is 0.348 e. The molecule has 0 saturated heterocycles. The summed E-state index contributed by atoms with van der Waals surface area (Å²) in [5.74, 6) is -59.2. The van der Waals surface area contributed by atoms with Crippen LogP contribution in [-0.2, 0) is 4.79 Å². The number of carbonyl (C=O) groups excluding carboxylic acids is 1. The maximum absolute atomic E-state index is 13.9. The van der Waals surface area contributed by atoms with E-state index in [4.69, 9.17) is 0 Å². The first-order valence-corrected chi connectivity index (χ1v) is 9.68. The number of hydrogen-bond donors (Lipinski definition) is 1. The van der Waals surface area contributed by atoms with Crippen molar-refractivity contribution in [1.82, 2.24) is 5.32 Å². The van der Waals surface area contributed by atoms with E-state index in [2.05, 4.69) is 0 Å². The van der Waals surface area contributed by atoms with Crippen LogP contribution in [0.1, 0.15) is 44.9 Å². The zero-order valence-electron chi connectivity index (χ0n) is 17.1. The van der Waals surface area contributed by atoms with E-state index in [-0.39, 0.29) is 25.7 Å². The number of rotatable bonds is 9. The maximum Gasteiger partial charge on any atom is 0.392 e. The number of halogens is 16. The predicted octanol–water partition coefficient (Wildman–Crippen LogP) is 6.93. The second-order valence-electron chi connectivity index (χ2n) is 7.89. The largest absolute Gasteiger partial charge is 0.392 e. The summed E-state index contributed by atoms with van der Waals surface area (Å²) in [5.41, 5.74) is 0. The third-order valence-corrected chi connectivity index (χ3v) is 5.39. The van der Waals surface area contributed by atoms with Crippen molar-refractivity contribution in [1.29, 1.82) is 0 Å². The SMILES string of the molecule is O=C(NC1CCCCCCC1)C(F)(F)C(F)(F)C(F)(F)C(F)(F)C(F)(F)C(F)(F)C(F)(F)C(F)F. The molecule has 35 heavy (non-hydrogen) atoms. The van der Waals surface area contributed by atoms with Crippen LogP contribution in [0.15, 0.2) is 0 Å². The molecule has 1 amide bonds. The zero-order valence-corrected chi connectivity index (χ0v) is 17.1. The van der Waals surface area contributed by atoms with Crippen LogP contribution in [0.5, 0.6) is 0 Å². The Labute approximate surface area is 186 Å². The van der Waals surface area contributed by atoms with E-state index in [0.717, 1.165) is 5.32 Å². The zero-order chi connectivity index (χ0) is 27.9. The first-order chi connectivity index (χ1) is 15.4. The van der Waals surface area contributed by atoms with Crippen molar-refractivity contribution < 1.29 is 75.0 Å². The van der Waals surface area contributed by atoms with Gasteiger partial charge in [0.1, 0.15) is 0 Å². The summed E-state index contributed by atoms with van der Waals surface area (Å²) in [6.45, 7) is 0. The van der Waals surface area contributed by atoms with Gasteiger partial charge in [0.05, 0.1) is 0 Å². The summed E-state index contributed by atoms with van der Waals surface area (Å²) in [7, 11) is 0. The molecule has 1 saturated carbocycles. The minimum atomic E-state index is -8.50. The van der Waals surface area contributed by atoms with Crippen molar-refractivity contribution in [2.24, 2.45) is 0 Å². The lowest BCUT2D eigenvalue weighted by atomic mass is 9.88.